The lowest BCUT2D eigenvalue weighted by atomic mass is 10.2. The molecule has 0 amide bonds. The van der Waals surface area contributed by atoms with E-state index in [1.807, 2.05) is 25.1 Å². The van der Waals surface area contributed by atoms with Crippen molar-refractivity contribution in [2.24, 2.45) is 0 Å². The van der Waals surface area contributed by atoms with Crippen molar-refractivity contribution in [3.8, 4) is 0 Å². The molecule has 0 radical (unpaired) electrons. The molecule has 1 atom stereocenters. The molecule has 2 rings (SSSR count). The van der Waals surface area contributed by atoms with Crippen LogP contribution in [0.3, 0.4) is 0 Å². The van der Waals surface area contributed by atoms with Gasteiger partial charge in [0.2, 0.25) is 0 Å². The van der Waals surface area contributed by atoms with E-state index in [1.54, 1.807) is 17.6 Å². The third kappa shape index (κ3) is 1.90. The minimum atomic E-state index is -0.179. The zero-order valence-electron chi connectivity index (χ0n) is 7.46. The lowest BCUT2D eigenvalue weighted by molar-refractivity contribution is 0.515. The molecule has 2 aromatic heterocycles. The van der Waals surface area contributed by atoms with Gasteiger partial charge in [0, 0.05) is 4.88 Å². The summed E-state index contributed by atoms with van der Waals surface area (Å²) in [6.07, 6.45) is 1.67. The summed E-state index contributed by atoms with van der Waals surface area (Å²) in [5.41, 5.74) is 1.09. The first-order chi connectivity index (χ1) is 6.68. The Morgan fingerprint density at radius 1 is 1.43 bits per heavy atom. The fourth-order valence-electron chi connectivity index (χ4n) is 1.24. The van der Waals surface area contributed by atoms with Crippen molar-refractivity contribution in [1.82, 2.24) is 0 Å². The van der Waals surface area contributed by atoms with Gasteiger partial charge >= 0.3 is 0 Å². The highest BCUT2D eigenvalue weighted by Crippen LogP contribution is 2.37. The largest absolute Gasteiger partial charge is 0.467 e. The average molecular weight is 292 g/mol. The monoisotopic (exact) mass is 290 g/mol. The molecule has 0 saturated heterocycles. The third-order valence-corrected chi connectivity index (χ3v) is 4.23. The van der Waals surface area contributed by atoms with Crippen molar-refractivity contribution < 1.29 is 4.42 Å². The number of halogens is 2. The van der Waals surface area contributed by atoms with Gasteiger partial charge in [-0.2, -0.15) is 0 Å². The quantitative estimate of drug-likeness (QED) is 0.728. The van der Waals surface area contributed by atoms with Gasteiger partial charge in [-0.25, -0.2) is 0 Å². The lowest BCUT2D eigenvalue weighted by Gasteiger charge is -2.04. The SMILES string of the molecule is Cc1ccoc1C(Cl)c1ccc(Br)s1. The van der Waals surface area contributed by atoms with Crippen LogP contribution in [-0.2, 0) is 0 Å². The topological polar surface area (TPSA) is 13.1 Å². The molecule has 0 fully saturated rings. The number of hydrogen-bond acceptors (Lipinski definition) is 2. The average Bonchev–Trinajstić information content (AvgIpc) is 2.73. The van der Waals surface area contributed by atoms with Crippen LogP contribution in [-0.4, -0.2) is 0 Å². The highest BCUT2D eigenvalue weighted by Gasteiger charge is 2.17. The van der Waals surface area contributed by atoms with Crippen LogP contribution in [0.5, 0.6) is 0 Å². The maximum Gasteiger partial charge on any atom is 0.129 e. The normalized spacial score (nSPS) is 13.1. The first kappa shape index (κ1) is 10.3. The maximum absolute atomic E-state index is 6.29. The molecule has 0 aliphatic rings. The molecular weight excluding hydrogens is 284 g/mol. The highest BCUT2D eigenvalue weighted by molar-refractivity contribution is 9.11. The van der Waals surface area contributed by atoms with Crippen LogP contribution in [0.15, 0.2) is 32.7 Å². The first-order valence-corrected chi connectivity index (χ1v) is 6.16. The van der Waals surface area contributed by atoms with E-state index in [1.165, 1.54) is 0 Å². The van der Waals surface area contributed by atoms with Gasteiger partial charge in [0.15, 0.2) is 0 Å². The Bertz CT molecular complexity index is 435. The maximum atomic E-state index is 6.29. The lowest BCUT2D eigenvalue weighted by Crippen LogP contribution is -1.89. The van der Waals surface area contributed by atoms with Crippen LogP contribution in [0.1, 0.15) is 21.6 Å². The Labute approximate surface area is 99.8 Å². The molecule has 0 saturated carbocycles. The minimum Gasteiger partial charge on any atom is -0.467 e. The summed E-state index contributed by atoms with van der Waals surface area (Å²) < 4.78 is 6.43. The van der Waals surface area contributed by atoms with Gasteiger partial charge in [-0.05, 0) is 46.6 Å². The predicted octanol–water partition coefficient (Wildman–Crippen LogP) is 4.74. The zero-order valence-corrected chi connectivity index (χ0v) is 10.6. The molecule has 0 bridgehead atoms. The van der Waals surface area contributed by atoms with Gasteiger partial charge in [0.05, 0.1) is 10.0 Å². The molecule has 74 valence electrons. The summed E-state index contributed by atoms with van der Waals surface area (Å²) in [5, 5.41) is -0.179. The third-order valence-electron chi connectivity index (χ3n) is 1.98. The number of rotatable bonds is 2. The van der Waals surface area contributed by atoms with Gasteiger partial charge < -0.3 is 4.42 Å². The van der Waals surface area contributed by atoms with E-state index in [9.17, 15) is 0 Å². The molecule has 0 aliphatic carbocycles. The predicted molar refractivity (Wildman–Crippen MR) is 63.2 cm³/mol. The van der Waals surface area contributed by atoms with E-state index in [2.05, 4.69) is 15.9 Å². The summed E-state index contributed by atoms with van der Waals surface area (Å²) in [7, 11) is 0. The van der Waals surface area contributed by atoms with Gasteiger partial charge in [-0.3, -0.25) is 0 Å². The van der Waals surface area contributed by atoms with E-state index in [4.69, 9.17) is 16.0 Å². The summed E-state index contributed by atoms with van der Waals surface area (Å²) in [5.74, 6) is 0.834. The van der Waals surface area contributed by atoms with Gasteiger partial charge in [-0.15, -0.1) is 22.9 Å². The summed E-state index contributed by atoms with van der Waals surface area (Å²) in [6, 6.07) is 5.93. The molecule has 0 aliphatic heterocycles. The Morgan fingerprint density at radius 2 is 2.21 bits per heavy atom. The van der Waals surface area contributed by atoms with Crippen LogP contribution < -0.4 is 0 Å². The zero-order chi connectivity index (χ0) is 10.1. The Morgan fingerprint density at radius 3 is 2.71 bits per heavy atom. The van der Waals surface area contributed by atoms with E-state index >= 15 is 0 Å². The molecule has 1 nitrogen and oxygen atoms in total. The molecular formula is C10H8BrClOS. The molecule has 4 heteroatoms. The van der Waals surface area contributed by atoms with Crippen molar-refractivity contribution in [2.45, 2.75) is 12.3 Å². The van der Waals surface area contributed by atoms with Crippen molar-refractivity contribution in [2.75, 3.05) is 0 Å². The van der Waals surface area contributed by atoms with Crippen molar-refractivity contribution in [3.05, 3.63) is 44.4 Å². The van der Waals surface area contributed by atoms with E-state index < -0.39 is 0 Å². The van der Waals surface area contributed by atoms with Crippen LogP contribution in [0.2, 0.25) is 0 Å². The molecule has 0 aromatic carbocycles. The molecule has 0 N–H and O–H groups in total. The second kappa shape index (κ2) is 4.09. The fraction of sp³-hybridized carbons (Fsp3) is 0.200. The van der Waals surface area contributed by atoms with E-state index in [0.29, 0.717) is 0 Å². The summed E-state index contributed by atoms with van der Waals surface area (Å²) in [6.45, 7) is 2.00. The number of thiophene rings is 1. The van der Waals surface area contributed by atoms with Crippen LogP contribution in [0.4, 0.5) is 0 Å². The van der Waals surface area contributed by atoms with Gasteiger partial charge in [0.1, 0.15) is 11.1 Å². The number of aryl methyl sites for hydroxylation is 1. The Balaban J connectivity index is 2.33. The summed E-state index contributed by atoms with van der Waals surface area (Å²) in [4.78, 5) is 1.09. The Hall–Kier alpha value is -0.250. The molecule has 2 aromatic rings. The summed E-state index contributed by atoms with van der Waals surface area (Å²) >= 11 is 11.3. The smallest absolute Gasteiger partial charge is 0.129 e. The van der Waals surface area contributed by atoms with E-state index in [0.717, 1.165) is 20.0 Å². The van der Waals surface area contributed by atoms with Crippen LogP contribution in [0, 0.1) is 6.92 Å². The number of alkyl halides is 1. The first-order valence-electron chi connectivity index (χ1n) is 4.12. The highest BCUT2D eigenvalue weighted by atomic mass is 79.9. The van der Waals surface area contributed by atoms with Gasteiger partial charge in [-0.1, -0.05) is 0 Å². The van der Waals surface area contributed by atoms with Crippen molar-refractivity contribution in [1.29, 1.82) is 0 Å². The molecule has 2 heterocycles. The van der Waals surface area contributed by atoms with E-state index in [-0.39, 0.29) is 5.38 Å². The minimum absolute atomic E-state index is 0.179. The van der Waals surface area contributed by atoms with Gasteiger partial charge in [0.25, 0.3) is 0 Å². The van der Waals surface area contributed by atoms with Crippen molar-refractivity contribution >= 4 is 38.9 Å². The second-order valence-corrected chi connectivity index (χ2v) is 5.90. The Kier molecular flexibility index (Phi) is 3.00. The number of furan rings is 1. The molecule has 14 heavy (non-hydrogen) atoms. The second-order valence-electron chi connectivity index (χ2n) is 2.97. The van der Waals surface area contributed by atoms with Crippen molar-refractivity contribution in [3.63, 3.8) is 0 Å². The number of hydrogen-bond donors (Lipinski definition) is 0. The molecule has 1 unspecified atom stereocenters. The van der Waals surface area contributed by atoms with Crippen LogP contribution >= 0.6 is 38.9 Å². The fourth-order valence-corrected chi connectivity index (χ4v) is 3.07. The molecule has 0 spiro atoms. The standard InChI is InChI=1S/C10H8BrClOS/c1-6-4-5-13-10(6)9(12)7-2-3-8(11)14-7/h2-5,9H,1H3. The van der Waals surface area contributed by atoms with Crippen LogP contribution in [0.25, 0.3) is 0 Å².